The van der Waals surface area contributed by atoms with E-state index in [4.69, 9.17) is 0 Å². The highest BCUT2D eigenvalue weighted by Gasteiger charge is 2.28. The summed E-state index contributed by atoms with van der Waals surface area (Å²) >= 11 is 0. The topological polar surface area (TPSA) is 98.4 Å². The molecule has 1 aliphatic heterocycles. The van der Waals surface area contributed by atoms with Gasteiger partial charge in [-0.25, -0.2) is 4.79 Å². The lowest BCUT2D eigenvalue weighted by Gasteiger charge is -2.26. The molecule has 4 amide bonds. The van der Waals surface area contributed by atoms with Crippen molar-refractivity contribution in [2.24, 2.45) is 0 Å². The highest BCUT2D eigenvalue weighted by molar-refractivity contribution is 6.12. The van der Waals surface area contributed by atoms with Crippen molar-refractivity contribution in [1.82, 2.24) is 20.4 Å². The summed E-state index contributed by atoms with van der Waals surface area (Å²) in [5.41, 5.74) is 3.89. The Kier molecular flexibility index (Phi) is 4.50. The lowest BCUT2D eigenvalue weighted by atomic mass is 10.0. The Hall–Kier alpha value is -3.16. The number of carbonyl (C=O) groups is 3. The van der Waals surface area contributed by atoms with E-state index in [0.717, 1.165) is 17.0 Å². The average Bonchev–Trinajstić information content (AvgIpc) is 3.14. The van der Waals surface area contributed by atoms with Crippen LogP contribution < -0.4 is 10.2 Å². The number of nitrogens with one attached hydrogen (secondary N) is 2. The van der Waals surface area contributed by atoms with E-state index in [1.807, 2.05) is 20.8 Å². The second-order valence-electron chi connectivity index (χ2n) is 6.43. The first-order chi connectivity index (χ1) is 12.3. The van der Waals surface area contributed by atoms with Crippen LogP contribution >= 0.6 is 0 Å². The summed E-state index contributed by atoms with van der Waals surface area (Å²) in [5, 5.41) is 9.35. The maximum Gasteiger partial charge on any atom is 0.329 e. The van der Waals surface area contributed by atoms with Crippen LogP contribution in [-0.4, -0.2) is 46.5 Å². The Balaban J connectivity index is 1.77. The molecule has 2 N–H and O–H groups in total. The molecule has 136 valence electrons. The van der Waals surface area contributed by atoms with Crippen molar-refractivity contribution >= 4 is 23.5 Å². The quantitative estimate of drug-likeness (QED) is 0.819. The Labute approximate surface area is 151 Å². The van der Waals surface area contributed by atoms with E-state index in [1.54, 1.807) is 36.2 Å². The van der Waals surface area contributed by atoms with Gasteiger partial charge in [-0.3, -0.25) is 24.9 Å². The van der Waals surface area contributed by atoms with E-state index in [-0.39, 0.29) is 24.4 Å². The molecule has 1 fully saturated rings. The number of benzene rings is 1. The molecule has 1 aliphatic rings. The molecular weight excluding hydrogens is 334 g/mol. The number of rotatable bonds is 4. The number of H-pyrrole nitrogens is 1. The maximum absolute atomic E-state index is 12.8. The van der Waals surface area contributed by atoms with Gasteiger partial charge < -0.3 is 4.90 Å². The number of aromatic amines is 1. The minimum absolute atomic E-state index is 0.0118. The standard InChI is InChI=1S/C18H21N5O3/c1-10-16(11(2)21-20-10)12(3)22(4)17(25)13-5-7-14(8-6-13)23-9-15(24)19-18(23)26/h5-8,12H,9H2,1-4H3,(H,20,21)(H,19,24,26). The van der Waals surface area contributed by atoms with E-state index >= 15 is 0 Å². The number of amides is 4. The summed E-state index contributed by atoms with van der Waals surface area (Å²) < 4.78 is 0. The molecule has 0 bridgehead atoms. The molecule has 0 aliphatic carbocycles. The van der Waals surface area contributed by atoms with Crippen LogP contribution in [0.15, 0.2) is 24.3 Å². The van der Waals surface area contributed by atoms with Crippen molar-refractivity contribution in [3.8, 4) is 0 Å². The van der Waals surface area contributed by atoms with E-state index in [0.29, 0.717) is 11.3 Å². The van der Waals surface area contributed by atoms with Crippen molar-refractivity contribution in [3.05, 3.63) is 46.8 Å². The number of imide groups is 1. The molecule has 1 atom stereocenters. The lowest BCUT2D eigenvalue weighted by Crippen LogP contribution is -2.30. The Morgan fingerprint density at radius 1 is 1.23 bits per heavy atom. The van der Waals surface area contributed by atoms with E-state index < -0.39 is 6.03 Å². The van der Waals surface area contributed by atoms with Gasteiger partial charge in [-0.15, -0.1) is 0 Å². The summed E-state index contributed by atoms with van der Waals surface area (Å²) in [6, 6.07) is 6.06. The number of anilines is 1. The van der Waals surface area contributed by atoms with Crippen LogP contribution in [0.2, 0.25) is 0 Å². The summed E-state index contributed by atoms with van der Waals surface area (Å²) in [6.45, 7) is 5.78. The zero-order valence-electron chi connectivity index (χ0n) is 15.2. The van der Waals surface area contributed by atoms with Crippen molar-refractivity contribution in [2.45, 2.75) is 26.8 Å². The van der Waals surface area contributed by atoms with Crippen LogP contribution in [0.25, 0.3) is 0 Å². The molecule has 8 heteroatoms. The fourth-order valence-corrected chi connectivity index (χ4v) is 3.18. The molecule has 0 spiro atoms. The molecule has 1 aromatic heterocycles. The third-order valence-corrected chi connectivity index (χ3v) is 4.72. The largest absolute Gasteiger partial charge is 0.335 e. The summed E-state index contributed by atoms with van der Waals surface area (Å²) in [6.07, 6.45) is 0. The number of carbonyl (C=O) groups excluding carboxylic acids is 3. The van der Waals surface area contributed by atoms with E-state index in [1.165, 1.54) is 4.90 Å². The van der Waals surface area contributed by atoms with Gasteiger partial charge in [-0.1, -0.05) is 0 Å². The highest BCUT2D eigenvalue weighted by atomic mass is 16.2. The van der Waals surface area contributed by atoms with Gasteiger partial charge in [0.15, 0.2) is 0 Å². The van der Waals surface area contributed by atoms with Gasteiger partial charge in [-0.05, 0) is 45.0 Å². The zero-order valence-corrected chi connectivity index (χ0v) is 15.2. The minimum atomic E-state index is -0.453. The Morgan fingerprint density at radius 3 is 2.38 bits per heavy atom. The molecule has 0 radical (unpaired) electrons. The second kappa shape index (κ2) is 6.62. The fraction of sp³-hybridized carbons (Fsp3) is 0.333. The number of hydrogen-bond acceptors (Lipinski definition) is 4. The number of urea groups is 1. The molecule has 3 rings (SSSR count). The van der Waals surface area contributed by atoms with Crippen molar-refractivity contribution in [2.75, 3.05) is 18.5 Å². The monoisotopic (exact) mass is 355 g/mol. The maximum atomic E-state index is 12.8. The first-order valence-electron chi connectivity index (χ1n) is 8.29. The normalized spacial score (nSPS) is 15.2. The first kappa shape index (κ1) is 17.7. The van der Waals surface area contributed by atoms with E-state index in [9.17, 15) is 14.4 Å². The summed E-state index contributed by atoms with van der Waals surface area (Å²) in [4.78, 5) is 38.8. The molecule has 1 unspecified atom stereocenters. The molecule has 2 aromatic rings. The van der Waals surface area contributed by atoms with Crippen LogP contribution in [0, 0.1) is 13.8 Å². The average molecular weight is 355 g/mol. The zero-order chi connectivity index (χ0) is 19.0. The van der Waals surface area contributed by atoms with Crippen molar-refractivity contribution in [1.29, 1.82) is 0 Å². The fourth-order valence-electron chi connectivity index (χ4n) is 3.18. The number of hydrogen-bond donors (Lipinski definition) is 2. The Morgan fingerprint density at radius 2 is 1.88 bits per heavy atom. The number of aryl methyl sites for hydroxylation is 2. The molecule has 26 heavy (non-hydrogen) atoms. The van der Waals surface area contributed by atoms with Crippen LogP contribution in [-0.2, 0) is 4.79 Å². The van der Waals surface area contributed by atoms with Crippen LogP contribution in [0.1, 0.15) is 40.3 Å². The number of nitrogens with zero attached hydrogens (tertiary/aromatic N) is 3. The second-order valence-corrected chi connectivity index (χ2v) is 6.43. The Bertz CT molecular complexity index is 852. The van der Waals surface area contributed by atoms with Gasteiger partial charge in [0.2, 0.25) is 5.91 Å². The number of aromatic nitrogens is 2. The summed E-state index contributed by atoms with van der Waals surface area (Å²) in [5.74, 6) is -0.472. The van der Waals surface area contributed by atoms with Crippen LogP contribution in [0.5, 0.6) is 0 Å². The van der Waals surface area contributed by atoms with Gasteiger partial charge in [0, 0.05) is 29.6 Å². The van der Waals surface area contributed by atoms with Crippen molar-refractivity contribution in [3.63, 3.8) is 0 Å². The molecule has 1 saturated heterocycles. The smallest absolute Gasteiger partial charge is 0.329 e. The lowest BCUT2D eigenvalue weighted by molar-refractivity contribution is -0.117. The molecular formula is C18H21N5O3. The molecule has 8 nitrogen and oxygen atoms in total. The molecule has 1 aromatic carbocycles. The van der Waals surface area contributed by atoms with Gasteiger partial charge in [-0.2, -0.15) is 5.10 Å². The molecule has 0 saturated carbocycles. The van der Waals surface area contributed by atoms with Gasteiger partial charge >= 0.3 is 6.03 Å². The highest BCUT2D eigenvalue weighted by Crippen LogP contribution is 2.26. The third-order valence-electron chi connectivity index (χ3n) is 4.72. The van der Waals surface area contributed by atoms with Crippen LogP contribution in [0.4, 0.5) is 10.5 Å². The van der Waals surface area contributed by atoms with Gasteiger partial charge in [0.1, 0.15) is 6.54 Å². The minimum Gasteiger partial charge on any atom is -0.335 e. The predicted octanol–water partition coefficient (Wildman–Crippen LogP) is 1.92. The van der Waals surface area contributed by atoms with Gasteiger partial charge in [0.25, 0.3) is 5.91 Å². The van der Waals surface area contributed by atoms with Crippen LogP contribution in [0.3, 0.4) is 0 Å². The van der Waals surface area contributed by atoms with E-state index in [2.05, 4.69) is 15.5 Å². The van der Waals surface area contributed by atoms with Crippen molar-refractivity contribution < 1.29 is 14.4 Å². The summed E-state index contributed by atoms with van der Waals surface area (Å²) in [7, 11) is 1.75. The molecule has 2 heterocycles. The SMILES string of the molecule is Cc1n[nH]c(C)c1C(C)N(C)C(=O)c1ccc(N2CC(=O)NC2=O)cc1. The van der Waals surface area contributed by atoms with Gasteiger partial charge in [0.05, 0.1) is 11.7 Å². The first-order valence-corrected chi connectivity index (χ1v) is 8.29. The third kappa shape index (κ3) is 3.05. The predicted molar refractivity (Wildman–Crippen MR) is 95.9 cm³/mol.